The Labute approximate surface area is 589 Å². The highest BCUT2D eigenvalue weighted by Crippen LogP contribution is 2.41. The van der Waals surface area contributed by atoms with Crippen molar-refractivity contribution in [2.75, 3.05) is 130 Å². The van der Waals surface area contributed by atoms with Crippen LogP contribution in [0.4, 0.5) is 29.7 Å². The number of carbonyl (C=O) groups excluding carboxylic acids is 5. The van der Waals surface area contributed by atoms with Crippen molar-refractivity contribution in [2.45, 2.75) is 42.4 Å². The van der Waals surface area contributed by atoms with Gasteiger partial charge < -0.3 is 48.9 Å². The molecule has 0 aliphatic carbocycles. The number of methoxy groups -OCH3 is 5. The van der Waals surface area contributed by atoms with Gasteiger partial charge in [0.05, 0.1) is 63.3 Å². The first kappa shape index (κ1) is 72.0. The number of fused-ring (bicyclic) bond motifs is 2. The number of benzene rings is 4. The van der Waals surface area contributed by atoms with Crippen LogP contribution in [0.25, 0.3) is 0 Å². The number of hydrogen-bond donors (Lipinski definition) is 3. The van der Waals surface area contributed by atoms with Crippen LogP contribution in [-0.2, 0) is 64.7 Å². The van der Waals surface area contributed by atoms with Crippen molar-refractivity contribution in [1.29, 1.82) is 0 Å². The minimum atomic E-state index is -2.34. The van der Waals surface area contributed by atoms with E-state index in [9.17, 15) is 37.0 Å². The maximum Gasteiger partial charge on any atom is 0.338 e. The first-order valence-corrected chi connectivity index (χ1v) is 35.8. The van der Waals surface area contributed by atoms with E-state index >= 15 is 0 Å². The monoisotopic (exact) mass is 1460 g/mol. The lowest BCUT2D eigenvalue weighted by Gasteiger charge is -2.44. The summed E-state index contributed by atoms with van der Waals surface area (Å²) in [6.07, 6.45) is 4.87. The highest BCUT2D eigenvalue weighted by atomic mass is 35.5. The molecule has 524 valence electrons. The number of rotatable bonds is 24. The topological polar surface area (TPSA) is 264 Å². The molecule has 99 heavy (non-hydrogen) atoms. The molecule has 1 unspecified atom stereocenters. The number of esters is 2. The molecule has 12 rings (SSSR count). The average molecular weight is 1460 g/mol. The van der Waals surface area contributed by atoms with Crippen molar-refractivity contribution in [3.8, 4) is 0 Å². The standard InChI is InChI=1S/C34H36ClFN6O7S.C33H37ClFN7O5S2/c1-46-18-34(19-47-2,49-20-43)21-4-7-23(8-5-21)42-16-24-15-40(11-12-41(24)33(42)45)17-27-28(32(44)48-3)29(25-9-6-22(36)14-26(25)35)39-30(38-27)31-37-10-13-50-31;1-46-19-27-26-18-42(22-8-5-20(6-9-22)16-37-49(3,4)45)33(44)41(26)13-12-40(27)17-25-28(32(43)47-2)29(23-10-7-21(35)15-24(23)34)39-30(38-25)31-36-11-14-48-31/h4-10,13-14,20,24,29H,11-12,15-19H2,1-3H3,(H,38,39);5-11,14-15,26-27,29H,3,12-13,16-19H2,1-2,4H3,(H,37,45)(H,38,39)/t24-,29-;26-,27-,29+,49?/m01/s1. The molecule has 4 fully saturated rings. The van der Waals surface area contributed by atoms with Crippen molar-refractivity contribution >= 4 is 115 Å². The number of carbonyl (C=O) groups is 5. The van der Waals surface area contributed by atoms with E-state index in [0.29, 0.717) is 127 Å². The second kappa shape index (κ2) is 31.5. The Morgan fingerprint density at radius 1 is 0.707 bits per heavy atom. The van der Waals surface area contributed by atoms with Crippen LogP contribution < -0.4 is 25.2 Å². The zero-order valence-electron chi connectivity index (χ0n) is 54.9. The van der Waals surface area contributed by atoms with Gasteiger partial charge in [0.15, 0.2) is 27.3 Å². The number of thiazole rings is 2. The number of aromatic nitrogens is 2. The third-order valence-electron chi connectivity index (χ3n) is 17.7. The van der Waals surface area contributed by atoms with Gasteiger partial charge in [-0.15, -0.1) is 22.7 Å². The van der Waals surface area contributed by atoms with Crippen molar-refractivity contribution in [3.05, 3.63) is 185 Å². The average Bonchev–Trinajstić information content (AvgIpc) is 1.74. The number of aliphatic imine (C=N–C) groups is 2. The molecule has 6 aliphatic heterocycles. The Bertz CT molecular complexity index is 4210. The summed E-state index contributed by atoms with van der Waals surface area (Å²) in [5.74, 6) is 2.31. The predicted molar refractivity (Wildman–Crippen MR) is 374 cm³/mol. The van der Waals surface area contributed by atoms with Gasteiger partial charge in [-0.25, -0.2) is 42.6 Å². The largest absolute Gasteiger partial charge is 0.466 e. The number of piperazine rings is 2. The molecule has 8 heterocycles. The summed E-state index contributed by atoms with van der Waals surface area (Å²) in [6.45, 7) is 5.23. The van der Waals surface area contributed by atoms with E-state index in [1.165, 1.54) is 87.5 Å². The number of hydrogen-bond acceptors (Lipinski definition) is 22. The third-order valence-corrected chi connectivity index (χ3v) is 20.7. The molecular formula is C67H73Cl2F2N13O12S3. The van der Waals surface area contributed by atoms with Crippen molar-refractivity contribution < 1.29 is 65.4 Å². The number of amides is 4. The van der Waals surface area contributed by atoms with Crippen LogP contribution in [0, 0.1) is 11.6 Å². The summed E-state index contributed by atoms with van der Waals surface area (Å²) < 4.78 is 75.3. The van der Waals surface area contributed by atoms with Gasteiger partial charge in [-0.3, -0.25) is 38.6 Å². The fourth-order valence-electron chi connectivity index (χ4n) is 13.1. The molecule has 25 nitrogen and oxygen atoms in total. The second-order valence-electron chi connectivity index (χ2n) is 24.0. The first-order chi connectivity index (χ1) is 47.7. The molecule has 6 aromatic rings. The van der Waals surface area contributed by atoms with Crippen LogP contribution in [0.1, 0.15) is 44.4 Å². The summed E-state index contributed by atoms with van der Waals surface area (Å²) in [7, 11) is 4.90. The number of nitrogens with zero attached hydrogens (tertiary/aromatic N) is 10. The van der Waals surface area contributed by atoms with Crippen LogP contribution in [0.2, 0.25) is 10.0 Å². The fraction of sp³-hybridized carbons (Fsp3) is 0.373. The molecule has 4 saturated heterocycles. The van der Waals surface area contributed by atoms with E-state index in [2.05, 4.69) is 41.0 Å². The number of halogens is 4. The SMILES string of the molecule is C=S(C)(=O)NCc1ccc(N2C[C@@H]3[C@@H](COC)N(CC4=C(C(=O)OC)[C@H](c5ccc(F)cc5Cl)N=C(c5nccs5)N4)CCN3C2=O)cc1.COCC(COC)(OC=O)c1ccc(N2C[C@@H]3CN(CC4=C(C(=O)OC)[C@H](c5ccc(F)cc5Cl)N=C(c5nccs5)N4)CCN3C2=O)cc1. The zero-order chi connectivity index (χ0) is 70.3. The number of anilines is 2. The van der Waals surface area contributed by atoms with Gasteiger partial charge in [0.1, 0.15) is 23.7 Å². The fourth-order valence-corrected chi connectivity index (χ4v) is 15.3. The molecule has 0 saturated carbocycles. The molecule has 2 aromatic heterocycles. The number of urea groups is 2. The second-order valence-corrected chi connectivity index (χ2v) is 28.9. The van der Waals surface area contributed by atoms with E-state index in [0.717, 1.165) is 11.3 Å². The van der Waals surface area contributed by atoms with E-state index < -0.39 is 51.0 Å². The molecular weight excluding hydrogens is 1380 g/mol. The molecule has 3 N–H and O–H groups in total. The normalized spacial score (nSPS) is 21.0. The number of amidine groups is 2. The van der Waals surface area contributed by atoms with Gasteiger partial charge in [0.25, 0.3) is 6.47 Å². The van der Waals surface area contributed by atoms with Gasteiger partial charge in [-0.05, 0) is 60.0 Å². The zero-order valence-corrected chi connectivity index (χ0v) is 58.8. The Hall–Kier alpha value is -8.27. The lowest BCUT2D eigenvalue weighted by atomic mass is 9.94. The van der Waals surface area contributed by atoms with Gasteiger partial charge in [0, 0.05) is 175 Å². The van der Waals surface area contributed by atoms with Gasteiger partial charge >= 0.3 is 24.0 Å². The van der Waals surface area contributed by atoms with Crippen LogP contribution in [0.3, 0.4) is 0 Å². The lowest BCUT2D eigenvalue weighted by molar-refractivity contribution is -0.160. The summed E-state index contributed by atoms with van der Waals surface area (Å²) in [5, 5.41) is 11.8. The highest BCUT2D eigenvalue weighted by molar-refractivity contribution is 7.97. The van der Waals surface area contributed by atoms with Crippen molar-refractivity contribution in [2.24, 2.45) is 9.98 Å². The summed E-state index contributed by atoms with van der Waals surface area (Å²) in [5.41, 5.74) is 4.40. The Morgan fingerprint density at radius 2 is 1.23 bits per heavy atom. The van der Waals surface area contributed by atoms with E-state index in [1.54, 1.807) is 47.7 Å². The third kappa shape index (κ3) is 15.9. The maximum atomic E-state index is 14.1. The van der Waals surface area contributed by atoms with Gasteiger partial charge in [-0.1, -0.05) is 59.6 Å². The molecule has 4 aromatic carbocycles. The highest BCUT2D eigenvalue weighted by Gasteiger charge is 2.49. The van der Waals surface area contributed by atoms with Crippen LogP contribution in [0.15, 0.2) is 141 Å². The lowest BCUT2D eigenvalue weighted by Crippen LogP contribution is -2.61. The molecule has 0 radical (unpaired) electrons. The van der Waals surface area contributed by atoms with E-state index in [1.807, 2.05) is 57.0 Å². The van der Waals surface area contributed by atoms with E-state index in [4.69, 9.17) is 61.6 Å². The molecule has 0 spiro atoms. The number of ether oxygens (including phenoxy) is 6. The minimum absolute atomic E-state index is 0.0884. The van der Waals surface area contributed by atoms with Crippen LogP contribution in [-0.4, -0.2) is 220 Å². The molecule has 6 atom stereocenters. The smallest absolute Gasteiger partial charge is 0.338 e. The van der Waals surface area contributed by atoms with Gasteiger partial charge in [-0.2, -0.15) is 0 Å². The van der Waals surface area contributed by atoms with Crippen LogP contribution in [0.5, 0.6) is 0 Å². The molecule has 6 aliphatic rings. The van der Waals surface area contributed by atoms with Crippen molar-refractivity contribution in [3.63, 3.8) is 0 Å². The Kier molecular flexibility index (Phi) is 22.9. The summed E-state index contributed by atoms with van der Waals surface area (Å²) in [4.78, 5) is 95.6. The predicted octanol–water partition coefficient (Wildman–Crippen LogP) is 7.19. The Morgan fingerprint density at radius 3 is 1.73 bits per heavy atom. The minimum Gasteiger partial charge on any atom is -0.466 e. The Balaban J connectivity index is 0.000000200. The summed E-state index contributed by atoms with van der Waals surface area (Å²) in [6, 6.07) is 20.3. The number of nitrogens with one attached hydrogen (secondary N) is 3. The van der Waals surface area contributed by atoms with Crippen molar-refractivity contribution in [1.82, 2.24) is 44.9 Å². The molecule has 32 heteroatoms. The van der Waals surface area contributed by atoms with E-state index in [-0.39, 0.29) is 71.1 Å². The summed E-state index contributed by atoms with van der Waals surface area (Å²) >= 11 is 15.8. The van der Waals surface area contributed by atoms with Gasteiger partial charge in [0.2, 0.25) is 0 Å². The van der Waals surface area contributed by atoms with Crippen LogP contribution >= 0.6 is 45.9 Å². The molecule has 4 amide bonds. The first-order valence-electron chi connectivity index (χ1n) is 31.2. The molecule has 0 bridgehead atoms. The maximum absolute atomic E-state index is 14.1. The quantitative estimate of drug-likeness (QED) is 0.0234.